The number of rotatable bonds is 6. The van der Waals surface area contributed by atoms with Crippen molar-refractivity contribution in [3.63, 3.8) is 0 Å². The molecule has 3 heterocycles. The molecule has 1 aliphatic rings. The summed E-state index contributed by atoms with van der Waals surface area (Å²) in [6.07, 6.45) is 2.29. The van der Waals surface area contributed by atoms with Gasteiger partial charge in [-0.05, 0) is 35.7 Å². The van der Waals surface area contributed by atoms with Crippen LogP contribution in [0.15, 0.2) is 48.0 Å². The number of methoxy groups -OCH3 is 1. The highest BCUT2D eigenvalue weighted by atomic mass is 32.1. The van der Waals surface area contributed by atoms with Crippen molar-refractivity contribution < 1.29 is 9.47 Å². The van der Waals surface area contributed by atoms with Crippen LogP contribution in [0.3, 0.4) is 0 Å². The van der Waals surface area contributed by atoms with Crippen LogP contribution in [0.5, 0.6) is 5.75 Å². The normalized spacial score (nSPS) is 16.6. The molecule has 25 heavy (non-hydrogen) atoms. The second-order valence-electron chi connectivity index (χ2n) is 6.07. The van der Waals surface area contributed by atoms with Crippen molar-refractivity contribution in [2.24, 2.45) is 0 Å². The Morgan fingerprint density at radius 3 is 2.96 bits per heavy atom. The lowest BCUT2D eigenvalue weighted by Gasteiger charge is -2.24. The molecule has 3 aromatic rings. The number of hydrogen-bond donors (Lipinski definition) is 1. The molecular weight excluding hydrogens is 334 g/mol. The molecule has 4 rings (SSSR count). The zero-order chi connectivity index (χ0) is 17.1. The molecule has 0 amide bonds. The fraction of sp³-hybridized carbons (Fsp3) is 0.316. The van der Waals surface area contributed by atoms with E-state index in [0.717, 1.165) is 42.5 Å². The molecule has 1 atom stereocenters. The van der Waals surface area contributed by atoms with Gasteiger partial charge in [0.1, 0.15) is 18.2 Å². The van der Waals surface area contributed by atoms with E-state index < -0.39 is 0 Å². The summed E-state index contributed by atoms with van der Waals surface area (Å²) in [7, 11) is 1.67. The van der Waals surface area contributed by atoms with Crippen LogP contribution in [0.1, 0.15) is 10.7 Å². The maximum absolute atomic E-state index is 5.95. The molecule has 0 spiro atoms. The Morgan fingerprint density at radius 2 is 2.20 bits per heavy atom. The minimum Gasteiger partial charge on any atom is -0.497 e. The van der Waals surface area contributed by atoms with Gasteiger partial charge in [0.25, 0.3) is 0 Å². The number of imidazole rings is 1. The first-order valence-electron chi connectivity index (χ1n) is 8.37. The number of hydrogen-bond acceptors (Lipinski definition) is 5. The standard InChI is InChI=1S/C19H21N3O2S/c1-23-15-6-4-14(5-7-15)18-12-22-11-16(24-13-19(22)21-18)9-20-10-17-3-2-8-25-17/h2-8,12,16,20H,9-11,13H2,1H3/t16-/m0/s1. The van der Waals surface area contributed by atoms with Gasteiger partial charge in [0.2, 0.25) is 0 Å². The summed E-state index contributed by atoms with van der Waals surface area (Å²) in [5.74, 6) is 1.84. The Morgan fingerprint density at radius 1 is 1.32 bits per heavy atom. The second kappa shape index (κ2) is 7.39. The molecule has 130 valence electrons. The van der Waals surface area contributed by atoms with Crippen molar-refractivity contribution in [1.82, 2.24) is 14.9 Å². The topological polar surface area (TPSA) is 48.3 Å². The molecular formula is C19H21N3O2S. The molecule has 0 saturated heterocycles. The van der Waals surface area contributed by atoms with Crippen LogP contribution in [-0.2, 0) is 24.4 Å². The van der Waals surface area contributed by atoms with Gasteiger partial charge < -0.3 is 19.4 Å². The number of fused-ring (bicyclic) bond motifs is 1. The zero-order valence-corrected chi connectivity index (χ0v) is 15.0. The third kappa shape index (κ3) is 3.76. The van der Waals surface area contributed by atoms with Crippen LogP contribution in [0.4, 0.5) is 0 Å². The Bertz CT molecular complexity index is 812. The Hall–Kier alpha value is -2.15. The van der Waals surface area contributed by atoms with Gasteiger partial charge in [-0.2, -0.15) is 0 Å². The molecule has 0 bridgehead atoms. The first-order valence-corrected chi connectivity index (χ1v) is 9.25. The number of ether oxygens (including phenoxy) is 2. The van der Waals surface area contributed by atoms with E-state index in [-0.39, 0.29) is 6.10 Å². The largest absolute Gasteiger partial charge is 0.497 e. The van der Waals surface area contributed by atoms with E-state index in [1.807, 2.05) is 24.3 Å². The van der Waals surface area contributed by atoms with Gasteiger partial charge in [0.05, 0.1) is 25.5 Å². The molecule has 0 saturated carbocycles. The summed E-state index contributed by atoms with van der Waals surface area (Å²) in [5.41, 5.74) is 2.07. The van der Waals surface area contributed by atoms with Gasteiger partial charge in [-0.15, -0.1) is 11.3 Å². The molecule has 0 aliphatic carbocycles. The van der Waals surface area contributed by atoms with Crippen LogP contribution in [-0.4, -0.2) is 29.3 Å². The first kappa shape index (κ1) is 16.3. The molecule has 5 nitrogen and oxygen atoms in total. The van der Waals surface area contributed by atoms with Crippen LogP contribution < -0.4 is 10.1 Å². The minimum absolute atomic E-state index is 0.172. The SMILES string of the molecule is COc1ccc(-c2cn3c(n2)CO[C@@H](CNCc2cccs2)C3)cc1. The van der Waals surface area contributed by atoms with Gasteiger partial charge in [0, 0.05) is 29.7 Å². The Balaban J connectivity index is 1.38. The van der Waals surface area contributed by atoms with E-state index in [1.165, 1.54) is 4.88 Å². The third-order valence-corrected chi connectivity index (χ3v) is 5.22. The van der Waals surface area contributed by atoms with Crippen molar-refractivity contribution in [2.45, 2.75) is 25.8 Å². The number of aromatic nitrogens is 2. The lowest BCUT2D eigenvalue weighted by molar-refractivity contribution is 0.00281. The number of nitrogens with zero attached hydrogens (tertiary/aromatic N) is 2. The maximum Gasteiger partial charge on any atom is 0.135 e. The predicted octanol–water partition coefficient (Wildman–Crippen LogP) is 3.31. The molecule has 0 unspecified atom stereocenters. The molecule has 1 aliphatic heterocycles. The fourth-order valence-corrected chi connectivity index (χ4v) is 3.66. The van der Waals surface area contributed by atoms with Crippen LogP contribution in [0.25, 0.3) is 11.3 Å². The number of thiophene rings is 1. The summed E-state index contributed by atoms with van der Waals surface area (Å²) in [6.45, 7) is 3.12. The van der Waals surface area contributed by atoms with Gasteiger partial charge in [-0.1, -0.05) is 6.07 Å². The Kier molecular flexibility index (Phi) is 4.83. The molecule has 0 fully saturated rings. The predicted molar refractivity (Wildman–Crippen MR) is 98.8 cm³/mol. The quantitative estimate of drug-likeness (QED) is 0.737. The zero-order valence-electron chi connectivity index (χ0n) is 14.1. The van der Waals surface area contributed by atoms with E-state index >= 15 is 0 Å². The lowest BCUT2D eigenvalue weighted by atomic mass is 10.2. The summed E-state index contributed by atoms with van der Waals surface area (Å²) in [6, 6.07) is 12.2. The summed E-state index contributed by atoms with van der Waals surface area (Å²) in [5, 5.41) is 5.58. The highest BCUT2D eigenvalue weighted by Crippen LogP contribution is 2.24. The highest BCUT2D eigenvalue weighted by molar-refractivity contribution is 7.09. The van der Waals surface area contributed by atoms with Gasteiger partial charge in [-0.3, -0.25) is 0 Å². The fourth-order valence-electron chi connectivity index (χ4n) is 2.99. The minimum atomic E-state index is 0.172. The molecule has 0 radical (unpaired) electrons. The van der Waals surface area contributed by atoms with Crippen molar-refractivity contribution in [3.05, 3.63) is 58.7 Å². The van der Waals surface area contributed by atoms with E-state index in [1.54, 1.807) is 18.4 Å². The van der Waals surface area contributed by atoms with Crippen molar-refractivity contribution in [2.75, 3.05) is 13.7 Å². The van der Waals surface area contributed by atoms with E-state index in [2.05, 4.69) is 33.6 Å². The van der Waals surface area contributed by atoms with Crippen LogP contribution in [0.2, 0.25) is 0 Å². The van der Waals surface area contributed by atoms with Crippen molar-refractivity contribution in [3.8, 4) is 17.0 Å². The highest BCUT2D eigenvalue weighted by Gasteiger charge is 2.21. The smallest absolute Gasteiger partial charge is 0.135 e. The van der Waals surface area contributed by atoms with Gasteiger partial charge >= 0.3 is 0 Å². The van der Waals surface area contributed by atoms with Crippen LogP contribution in [0, 0.1) is 0 Å². The van der Waals surface area contributed by atoms with Crippen molar-refractivity contribution in [1.29, 1.82) is 0 Å². The molecule has 1 N–H and O–H groups in total. The maximum atomic E-state index is 5.95. The summed E-state index contributed by atoms with van der Waals surface area (Å²) >= 11 is 1.77. The van der Waals surface area contributed by atoms with Gasteiger partial charge in [-0.25, -0.2) is 4.98 Å². The number of nitrogens with one attached hydrogen (secondary N) is 1. The second-order valence-corrected chi connectivity index (χ2v) is 7.10. The lowest BCUT2D eigenvalue weighted by Crippen LogP contribution is -2.35. The molecule has 2 aromatic heterocycles. The average molecular weight is 355 g/mol. The van der Waals surface area contributed by atoms with E-state index in [0.29, 0.717) is 6.61 Å². The van der Waals surface area contributed by atoms with E-state index in [9.17, 15) is 0 Å². The van der Waals surface area contributed by atoms with E-state index in [4.69, 9.17) is 14.5 Å². The van der Waals surface area contributed by atoms with Crippen molar-refractivity contribution >= 4 is 11.3 Å². The third-order valence-electron chi connectivity index (χ3n) is 4.34. The van der Waals surface area contributed by atoms with Crippen LogP contribution >= 0.6 is 11.3 Å². The number of benzene rings is 1. The molecule has 1 aromatic carbocycles. The summed E-state index contributed by atoms with van der Waals surface area (Å²) < 4.78 is 13.4. The average Bonchev–Trinajstić information content (AvgIpc) is 3.31. The summed E-state index contributed by atoms with van der Waals surface area (Å²) in [4.78, 5) is 6.06. The monoisotopic (exact) mass is 355 g/mol. The Labute approximate surface area is 151 Å². The molecule has 6 heteroatoms. The van der Waals surface area contributed by atoms with Gasteiger partial charge in [0.15, 0.2) is 0 Å². The first-order chi connectivity index (χ1) is 12.3.